The van der Waals surface area contributed by atoms with Crippen molar-refractivity contribution in [2.24, 2.45) is 0 Å². The third kappa shape index (κ3) is 5.11. The molecule has 1 aromatic rings. The molecule has 6 heteroatoms. The van der Waals surface area contributed by atoms with E-state index in [2.05, 4.69) is 25.8 Å². The Kier molecular flexibility index (Phi) is 5.39. The van der Waals surface area contributed by atoms with E-state index in [0.717, 1.165) is 18.7 Å². The molecular weight excluding hydrogens is 194 g/mol. The van der Waals surface area contributed by atoms with Crippen LogP contribution in [0.2, 0.25) is 0 Å². The second-order valence-corrected chi connectivity index (χ2v) is 3.24. The molecular formula is C9H17N5O. The predicted octanol–water partition coefficient (Wildman–Crippen LogP) is -0.537. The van der Waals surface area contributed by atoms with Gasteiger partial charge in [-0.2, -0.15) is 5.10 Å². The van der Waals surface area contributed by atoms with Crippen molar-refractivity contribution in [2.45, 2.75) is 19.3 Å². The third-order valence-corrected chi connectivity index (χ3v) is 1.98. The molecule has 0 unspecified atom stereocenters. The van der Waals surface area contributed by atoms with Crippen molar-refractivity contribution >= 4 is 5.91 Å². The standard InChI is InChI=1S/C9H17N5O/c1-10-6-4-9(15)11-5-2-3-8-12-7-13-14-8/h7,10H,2-6H2,1H3,(H,11,15)(H,12,13,14). The Morgan fingerprint density at radius 2 is 2.40 bits per heavy atom. The van der Waals surface area contributed by atoms with Crippen LogP contribution in [0.3, 0.4) is 0 Å². The first-order valence-electron chi connectivity index (χ1n) is 5.08. The summed E-state index contributed by atoms with van der Waals surface area (Å²) in [5.41, 5.74) is 0. The summed E-state index contributed by atoms with van der Waals surface area (Å²) in [5, 5.41) is 12.3. The molecule has 0 fully saturated rings. The summed E-state index contributed by atoms with van der Waals surface area (Å²) in [6.45, 7) is 1.40. The van der Waals surface area contributed by atoms with Crippen molar-refractivity contribution in [1.29, 1.82) is 0 Å². The van der Waals surface area contributed by atoms with Crippen LogP contribution in [0.15, 0.2) is 6.33 Å². The van der Waals surface area contributed by atoms with E-state index in [1.54, 1.807) is 0 Å². The Morgan fingerprint density at radius 1 is 1.53 bits per heavy atom. The molecule has 0 atom stereocenters. The average Bonchev–Trinajstić information content (AvgIpc) is 2.74. The molecule has 1 heterocycles. The van der Waals surface area contributed by atoms with Gasteiger partial charge in [0.2, 0.25) is 5.91 Å². The van der Waals surface area contributed by atoms with Gasteiger partial charge in [0.15, 0.2) is 0 Å². The molecule has 0 aliphatic carbocycles. The van der Waals surface area contributed by atoms with E-state index in [0.29, 0.717) is 19.5 Å². The Morgan fingerprint density at radius 3 is 3.07 bits per heavy atom. The third-order valence-electron chi connectivity index (χ3n) is 1.98. The Hall–Kier alpha value is -1.43. The second kappa shape index (κ2) is 6.94. The zero-order valence-electron chi connectivity index (χ0n) is 8.92. The highest BCUT2D eigenvalue weighted by Gasteiger charge is 1.99. The number of H-pyrrole nitrogens is 1. The molecule has 84 valence electrons. The number of rotatable bonds is 7. The maximum absolute atomic E-state index is 11.2. The van der Waals surface area contributed by atoms with Gasteiger partial charge in [-0.15, -0.1) is 0 Å². The molecule has 0 aliphatic heterocycles. The predicted molar refractivity (Wildman–Crippen MR) is 56.3 cm³/mol. The van der Waals surface area contributed by atoms with Crippen molar-refractivity contribution in [3.8, 4) is 0 Å². The van der Waals surface area contributed by atoms with Crippen LogP contribution in [0.25, 0.3) is 0 Å². The summed E-state index contributed by atoms with van der Waals surface area (Å²) >= 11 is 0. The number of carbonyl (C=O) groups excluding carboxylic acids is 1. The van der Waals surface area contributed by atoms with Gasteiger partial charge in [-0.05, 0) is 13.5 Å². The topological polar surface area (TPSA) is 82.7 Å². The highest BCUT2D eigenvalue weighted by molar-refractivity contribution is 5.75. The Bertz CT molecular complexity index is 272. The van der Waals surface area contributed by atoms with E-state index in [1.165, 1.54) is 6.33 Å². The summed E-state index contributed by atoms with van der Waals surface area (Å²) in [7, 11) is 1.83. The number of amides is 1. The van der Waals surface area contributed by atoms with Crippen molar-refractivity contribution in [2.75, 3.05) is 20.1 Å². The van der Waals surface area contributed by atoms with E-state index in [4.69, 9.17) is 0 Å². The van der Waals surface area contributed by atoms with E-state index >= 15 is 0 Å². The maximum atomic E-state index is 11.2. The summed E-state index contributed by atoms with van der Waals surface area (Å²) in [6, 6.07) is 0. The van der Waals surface area contributed by atoms with Crippen LogP contribution >= 0.6 is 0 Å². The number of hydrogen-bond acceptors (Lipinski definition) is 4. The first kappa shape index (κ1) is 11.6. The highest BCUT2D eigenvalue weighted by atomic mass is 16.1. The molecule has 1 aromatic heterocycles. The van der Waals surface area contributed by atoms with E-state index in [9.17, 15) is 4.79 Å². The fourth-order valence-electron chi connectivity index (χ4n) is 1.16. The smallest absolute Gasteiger partial charge is 0.221 e. The minimum Gasteiger partial charge on any atom is -0.356 e. The molecule has 0 saturated carbocycles. The van der Waals surface area contributed by atoms with Crippen molar-refractivity contribution in [3.63, 3.8) is 0 Å². The zero-order valence-corrected chi connectivity index (χ0v) is 8.92. The molecule has 6 nitrogen and oxygen atoms in total. The lowest BCUT2D eigenvalue weighted by molar-refractivity contribution is -0.120. The largest absolute Gasteiger partial charge is 0.356 e. The van der Waals surface area contributed by atoms with Gasteiger partial charge >= 0.3 is 0 Å². The van der Waals surface area contributed by atoms with Crippen LogP contribution in [-0.4, -0.2) is 41.2 Å². The lowest BCUT2D eigenvalue weighted by Crippen LogP contribution is -2.27. The molecule has 15 heavy (non-hydrogen) atoms. The van der Waals surface area contributed by atoms with Gasteiger partial charge in [-0.3, -0.25) is 9.89 Å². The molecule has 0 spiro atoms. The SMILES string of the molecule is CNCCC(=O)NCCCc1ncn[nH]1. The normalized spacial score (nSPS) is 10.2. The summed E-state index contributed by atoms with van der Waals surface area (Å²) < 4.78 is 0. The van der Waals surface area contributed by atoms with Gasteiger partial charge in [0, 0.05) is 25.9 Å². The fourth-order valence-corrected chi connectivity index (χ4v) is 1.16. The highest BCUT2D eigenvalue weighted by Crippen LogP contribution is 1.91. The first-order valence-corrected chi connectivity index (χ1v) is 5.08. The number of nitrogens with one attached hydrogen (secondary N) is 3. The van der Waals surface area contributed by atoms with Gasteiger partial charge in [-0.25, -0.2) is 4.98 Å². The van der Waals surface area contributed by atoms with Crippen molar-refractivity contribution in [3.05, 3.63) is 12.2 Å². The molecule has 1 rings (SSSR count). The van der Waals surface area contributed by atoms with Gasteiger partial charge in [0.05, 0.1) is 0 Å². The van der Waals surface area contributed by atoms with Crippen LogP contribution in [0.1, 0.15) is 18.7 Å². The minimum absolute atomic E-state index is 0.0851. The quantitative estimate of drug-likeness (QED) is 0.529. The Labute approximate surface area is 88.9 Å². The summed E-state index contributed by atoms with van der Waals surface area (Å²) in [6.07, 6.45) is 3.70. The number of hydrogen-bond donors (Lipinski definition) is 3. The first-order chi connectivity index (χ1) is 7.33. The van der Waals surface area contributed by atoms with Crippen molar-refractivity contribution in [1.82, 2.24) is 25.8 Å². The van der Waals surface area contributed by atoms with Gasteiger partial charge < -0.3 is 10.6 Å². The summed E-state index contributed by atoms with van der Waals surface area (Å²) in [5.74, 6) is 0.946. The molecule has 0 radical (unpaired) electrons. The van der Waals surface area contributed by atoms with Crippen molar-refractivity contribution < 1.29 is 4.79 Å². The van der Waals surface area contributed by atoms with Gasteiger partial charge in [0.1, 0.15) is 12.2 Å². The lowest BCUT2D eigenvalue weighted by atomic mass is 10.3. The van der Waals surface area contributed by atoms with E-state index < -0.39 is 0 Å². The van der Waals surface area contributed by atoms with Crippen LogP contribution in [0.5, 0.6) is 0 Å². The molecule has 0 saturated heterocycles. The number of carbonyl (C=O) groups is 1. The van der Waals surface area contributed by atoms with Crippen LogP contribution in [-0.2, 0) is 11.2 Å². The zero-order chi connectivity index (χ0) is 10.9. The number of aromatic nitrogens is 3. The van der Waals surface area contributed by atoms with Gasteiger partial charge in [-0.1, -0.05) is 0 Å². The molecule has 3 N–H and O–H groups in total. The summed E-state index contributed by atoms with van der Waals surface area (Å²) in [4.78, 5) is 15.2. The molecule has 1 amide bonds. The number of aryl methyl sites for hydroxylation is 1. The maximum Gasteiger partial charge on any atom is 0.221 e. The average molecular weight is 211 g/mol. The second-order valence-electron chi connectivity index (χ2n) is 3.24. The minimum atomic E-state index is 0.0851. The van der Waals surface area contributed by atoms with Crippen LogP contribution in [0.4, 0.5) is 0 Å². The van der Waals surface area contributed by atoms with Crippen LogP contribution < -0.4 is 10.6 Å². The molecule has 0 aromatic carbocycles. The van der Waals surface area contributed by atoms with Gasteiger partial charge in [0.25, 0.3) is 0 Å². The fraction of sp³-hybridized carbons (Fsp3) is 0.667. The van der Waals surface area contributed by atoms with E-state index in [1.807, 2.05) is 7.05 Å². The molecule has 0 bridgehead atoms. The monoisotopic (exact) mass is 211 g/mol. The number of aromatic amines is 1. The number of nitrogens with zero attached hydrogens (tertiary/aromatic N) is 2. The van der Waals surface area contributed by atoms with E-state index in [-0.39, 0.29) is 5.91 Å². The lowest BCUT2D eigenvalue weighted by Gasteiger charge is -2.03. The molecule has 0 aliphatic rings. The van der Waals surface area contributed by atoms with Crippen LogP contribution in [0, 0.1) is 0 Å². The Balaban J connectivity index is 1.99.